The molecule has 1 aromatic heterocycles. The van der Waals surface area contributed by atoms with Crippen molar-refractivity contribution in [2.75, 3.05) is 0 Å². The standard InChI is InChI=1S/C26H21ClF6N2O/c27-20-6-7-22(34-15-20)25(13-16-4-2-1-3-5-16,35-23(36)17-8-9-24(29,30)14-17)18-10-19(26(31,32)33)12-21(28)11-18/h1-7,10-12,15,17H,8-9,13-14H2,(H,35,36). The molecule has 1 saturated carbocycles. The van der Waals surface area contributed by atoms with E-state index in [0.29, 0.717) is 11.6 Å². The van der Waals surface area contributed by atoms with Crippen LogP contribution in [0.3, 0.4) is 0 Å². The first kappa shape index (κ1) is 26.0. The van der Waals surface area contributed by atoms with Gasteiger partial charge in [-0.3, -0.25) is 9.78 Å². The Bertz CT molecular complexity index is 1230. The van der Waals surface area contributed by atoms with Crippen LogP contribution in [0.25, 0.3) is 0 Å². The molecule has 190 valence electrons. The van der Waals surface area contributed by atoms with Gasteiger partial charge in [0.25, 0.3) is 0 Å². The second-order valence-electron chi connectivity index (χ2n) is 8.94. The van der Waals surface area contributed by atoms with Crippen molar-refractivity contribution in [3.8, 4) is 0 Å². The Balaban J connectivity index is 1.92. The Morgan fingerprint density at radius 3 is 2.33 bits per heavy atom. The minimum Gasteiger partial charge on any atom is -0.340 e. The van der Waals surface area contributed by atoms with Gasteiger partial charge in [0.2, 0.25) is 11.8 Å². The maximum Gasteiger partial charge on any atom is 0.416 e. The van der Waals surface area contributed by atoms with Crippen molar-refractivity contribution in [3.63, 3.8) is 0 Å². The summed E-state index contributed by atoms with van der Waals surface area (Å²) in [6.45, 7) is 0. The van der Waals surface area contributed by atoms with Crippen LogP contribution in [0.4, 0.5) is 26.3 Å². The van der Waals surface area contributed by atoms with Crippen LogP contribution >= 0.6 is 11.6 Å². The van der Waals surface area contributed by atoms with Crippen LogP contribution in [0.5, 0.6) is 0 Å². The summed E-state index contributed by atoms with van der Waals surface area (Å²) in [5.74, 6) is -6.05. The van der Waals surface area contributed by atoms with Crippen LogP contribution in [-0.4, -0.2) is 16.8 Å². The third-order valence-corrected chi connectivity index (χ3v) is 6.53. The molecule has 1 aliphatic rings. The van der Waals surface area contributed by atoms with E-state index in [1.807, 2.05) is 0 Å². The number of carbonyl (C=O) groups excluding carboxylic acids is 1. The van der Waals surface area contributed by atoms with E-state index in [1.165, 1.54) is 18.3 Å². The molecule has 0 radical (unpaired) electrons. The number of pyridine rings is 1. The third kappa shape index (κ3) is 5.67. The molecule has 10 heteroatoms. The van der Waals surface area contributed by atoms with Gasteiger partial charge >= 0.3 is 6.18 Å². The van der Waals surface area contributed by atoms with Crippen LogP contribution in [-0.2, 0) is 22.9 Å². The average Bonchev–Trinajstić information content (AvgIpc) is 3.18. The minimum atomic E-state index is -4.87. The van der Waals surface area contributed by atoms with Crippen LogP contribution in [0, 0.1) is 11.7 Å². The summed E-state index contributed by atoms with van der Waals surface area (Å²) in [5.41, 5.74) is -2.64. The lowest BCUT2D eigenvalue weighted by atomic mass is 9.79. The number of benzene rings is 2. The van der Waals surface area contributed by atoms with Crippen LogP contribution in [0.15, 0.2) is 66.9 Å². The molecule has 3 nitrogen and oxygen atoms in total. The van der Waals surface area contributed by atoms with E-state index in [-0.39, 0.29) is 29.1 Å². The van der Waals surface area contributed by atoms with Gasteiger partial charge in [-0.05, 0) is 47.9 Å². The number of hydrogen-bond donors (Lipinski definition) is 1. The fourth-order valence-electron chi connectivity index (χ4n) is 4.54. The van der Waals surface area contributed by atoms with Gasteiger partial charge in [-0.1, -0.05) is 41.9 Å². The number of nitrogens with one attached hydrogen (secondary N) is 1. The predicted molar refractivity (Wildman–Crippen MR) is 122 cm³/mol. The zero-order valence-corrected chi connectivity index (χ0v) is 19.5. The first-order valence-electron chi connectivity index (χ1n) is 11.1. The zero-order chi connectivity index (χ0) is 26.1. The molecule has 36 heavy (non-hydrogen) atoms. The van der Waals surface area contributed by atoms with Gasteiger partial charge in [-0.25, -0.2) is 13.2 Å². The van der Waals surface area contributed by atoms with Crippen LogP contribution in [0.1, 0.15) is 41.6 Å². The molecule has 0 spiro atoms. The first-order valence-corrected chi connectivity index (χ1v) is 11.5. The number of nitrogens with zero attached hydrogens (tertiary/aromatic N) is 1. The average molecular weight is 527 g/mol. The number of alkyl halides is 5. The van der Waals surface area contributed by atoms with E-state index in [4.69, 9.17) is 11.6 Å². The van der Waals surface area contributed by atoms with E-state index in [9.17, 15) is 31.1 Å². The highest BCUT2D eigenvalue weighted by Gasteiger charge is 2.46. The number of amides is 1. The molecule has 1 heterocycles. The van der Waals surface area contributed by atoms with Gasteiger partial charge < -0.3 is 5.32 Å². The molecule has 0 bridgehead atoms. The van der Waals surface area contributed by atoms with Crippen molar-refractivity contribution in [3.05, 3.63) is 100 Å². The fourth-order valence-corrected chi connectivity index (χ4v) is 4.65. The van der Waals surface area contributed by atoms with E-state index in [1.54, 1.807) is 30.3 Å². The van der Waals surface area contributed by atoms with Gasteiger partial charge in [0.15, 0.2) is 0 Å². The molecular formula is C26H21ClF6N2O. The molecule has 4 rings (SSSR count). The summed E-state index contributed by atoms with van der Waals surface area (Å²) in [6, 6.07) is 13.3. The molecule has 1 amide bonds. The number of rotatable bonds is 6. The SMILES string of the molecule is O=C(NC(Cc1ccccc1)(c1cc(F)cc(C(F)(F)F)c1)c1ccc(Cl)cn1)C1CCC(F)(F)C1. The van der Waals surface area contributed by atoms with Crippen molar-refractivity contribution < 1.29 is 31.1 Å². The van der Waals surface area contributed by atoms with Crippen molar-refractivity contribution >= 4 is 17.5 Å². The van der Waals surface area contributed by atoms with E-state index in [2.05, 4.69) is 10.3 Å². The Morgan fingerprint density at radius 1 is 1.06 bits per heavy atom. The van der Waals surface area contributed by atoms with Gasteiger partial charge in [0.1, 0.15) is 11.4 Å². The maximum atomic E-state index is 14.6. The van der Waals surface area contributed by atoms with Crippen LogP contribution in [0.2, 0.25) is 5.02 Å². The number of aromatic nitrogens is 1. The van der Waals surface area contributed by atoms with Gasteiger partial charge in [-0.15, -0.1) is 0 Å². The molecule has 0 aliphatic heterocycles. The Hall–Kier alpha value is -3.07. The highest BCUT2D eigenvalue weighted by atomic mass is 35.5. The maximum absolute atomic E-state index is 14.6. The summed E-state index contributed by atoms with van der Waals surface area (Å²) >= 11 is 5.98. The topological polar surface area (TPSA) is 42.0 Å². The Morgan fingerprint density at radius 2 is 1.75 bits per heavy atom. The molecule has 3 aromatic rings. The molecule has 2 unspecified atom stereocenters. The lowest BCUT2D eigenvalue weighted by Crippen LogP contribution is -2.51. The monoisotopic (exact) mass is 526 g/mol. The molecule has 2 atom stereocenters. The number of halogens is 7. The smallest absolute Gasteiger partial charge is 0.340 e. The molecule has 1 fully saturated rings. The lowest BCUT2D eigenvalue weighted by molar-refractivity contribution is -0.137. The van der Waals surface area contributed by atoms with Gasteiger partial charge in [0.05, 0.1) is 16.3 Å². The molecule has 0 saturated heterocycles. The van der Waals surface area contributed by atoms with Gasteiger partial charge in [-0.2, -0.15) is 13.2 Å². The first-order chi connectivity index (χ1) is 16.9. The third-order valence-electron chi connectivity index (χ3n) is 6.31. The summed E-state index contributed by atoms with van der Waals surface area (Å²) in [4.78, 5) is 17.6. The lowest BCUT2D eigenvalue weighted by Gasteiger charge is -2.36. The van der Waals surface area contributed by atoms with E-state index in [0.717, 1.165) is 12.1 Å². The highest BCUT2D eigenvalue weighted by molar-refractivity contribution is 6.30. The van der Waals surface area contributed by atoms with Crippen molar-refractivity contribution in [1.29, 1.82) is 0 Å². The van der Waals surface area contributed by atoms with Crippen molar-refractivity contribution in [2.24, 2.45) is 5.92 Å². The molecule has 2 aromatic carbocycles. The molecule has 1 N–H and O–H groups in total. The minimum absolute atomic E-state index is 0.0765. The van der Waals surface area contributed by atoms with Crippen molar-refractivity contribution in [1.82, 2.24) is 10.3 Å². The second kappa shape index (κ2) is 9.76. The summed E-state index contributed by atoms with van der Waals surface area (Å²) in [5, 5.41) is 2.93. The summed E-state index contributed by atoms with van der Waals surface area (Å²) < 4.78 is 83.3. The highest BCUT2D eigenvalue weighted by Crippen LogP contribution is 2.41. The van der Waals surface area contributed by atoms with Gasteiger partial charge in [0, 0.05) is 31.4 Å². The predicted octanol–water partition coefficient (Wildman–Crippen LogP) is 6.93. The fraction of sp³-hybridized carbons (Fsp3) is 0.308. The Labute approximate surface area is 208 Å². The normalized spacial score (nSPS) is 19.0. The van der Waals surface area contributed by atoms with E-state index >= 15 is 0 Å². The molecule has 1 aliphatic carbocycles. The zero-order valence-electron chi connectivity index (χ0n) is 18.8. The number of carbonyl (C=O) groups is 1. The number of hydrogen-bond acceptors (Lipinski definition) is 2. The van der Waals surface area contributed by atoms with Crippen molar-refractivity contribution in [2.45, 2.75) is 43.3 Å². The van der Waals surface area contributed by atoms with Crippen LogP contribution < -0.4 is 5.32 Å². The summed E-state index contributed by atoms with van der Waals surface area (Å²) in [7, 11) is 0. The molecular weight excluding hydrogens is 506 g/mol. The quantitative estimate of drug-likeness (QED) is 0.354. The Kier molecular flexibility index (Phi) is 7.05. The van der Waals surface area contributed by atoms with E-state index < -0.39 is 53.7 Å². The second-order valence-corrected chi connectivity index (χ2v) is 9.38. The summed E-state index contributed by atoms with van der Waals surface area (Å²) in [6.07, 6.45) is -5.01. The largest absolute Gasteiger partial charge is 0.416 e.